The molecule has 100 valence electrons. The van der Waals surface area contributed by atoms with Crippen molar-refractivity contribution in [3.8, 4) is 0 Å². The molecule has 0 aliphatic rings. The van der Waals surface area contributed by atoms with Crippen molar-refractivity contribution in [2.45, 2.75) is 12.2 Å². The molecule has 2 atom stereocenters. The molecule has 7 nitrogen and oxygen atoms in total. The van der Waals surface area contributed by atoms with Gasteiger partial charge < -0.3 is 25.8 Å². The zero-order valence-corrected chi connectivity index (χ0v) is 9.37. The Labute approximate surface area is 148 Å². The van der Waals surface area contributed by atoms with Crippen LogP contribution in [0.3, 0.4) is 0 Å². The van der Waals surface area contributed by atoms with Crippen molar-refractivity contribution in [1.29, 1.82) is 0 Å². The van der Waals surface area contributed by atoms with Crippen molar-refractivity contribution in [3.63, 3.8) is 0 Å². The summed E-state index contributed by atoms with van der Waals surface area (Å²) in [5, 5.41) is 18.4. The first kappa shape index (κ1) is 23.1. The molecule has 8 heteroatoms. The summed E-state index contributed by atoms with van der Waals surface area (Å²) < 4.78 is 8.87. The van der Waals surface area contributed by atoms with Crippen LogP contribution in [-0.4, -0.2) is 99.0 Å². The van der Waals surface area contributed by atoms with E-state index in [0.717, 1.165) is 0 Å². The molecule has 5 N–H and O–H groups in total. The molecule has 0 aromatic heterocycles. The maximum absolute atomic E-state index is 11.0. The monoisotopic (exact) mass is 287 g/mol. The van der Waals surface area contributed by atoms with Crippen molar-refractivity contribution >= 4 is 63.3 Å². The van der Waals surface area contributed by atoms with Crippen molar-refractivity contribution in [3.05, 3.63) is 25.3 Å². The third-order valence-corrected chi connectivity index (χ3v) is 1.47. The van der Waals surface area contributed by atoms with Crippen LogP contribution in [0.2, 0.25) is 0 Å². The second-order valence-corrected chi connectivity index (χ2v) is 2.73. The fourth-order valence-electron chi connectivity index (χ4n) is 0.711. The van der Waals surface area contributed by atoms with Crippen LogP contribution in [0.5, 0.6) is 0 Å². The molecule has 0 heterocycles. The molecule has 0 aliphatic carbocycles. The summed E-state index contributed by atoms with van der Waals surface area (Å²) in [6.07, 6.45) is -1.38. The Hall–Kier alpha value is -0.0636. The Bertz CT molecular complexity index is 256. The first-order valence-electron chi connectivity index (χ1n) is 4.45. The Morgan fingerprint density at radius 2 is 1.28 bits per heavy atom. The van der Waals surface area contributed by atoms with Gasteiger partial charge in [-0.15, -0.1) is 0 Å². The number of carbonyl (C=O) groups excluding carboxylic acids is 2. The average molecular weight is 287 g/mol. The Morgan fingerprint density at radius 3 is 1.50 bits per heavy atom. The molecule has 0 radical (unpaired) electrons. The predicted octanol–water partition coefficient (Wildman–Crippen LogP) is -1.32. The second kappa shape index (κ2) is 13.4. The molecule has 0 aliphatic heterocycles. The molecule has 0 amide bonds. The van der Waals surface area contributed by atoms with Crippen molar-refractivity contribution in [2.24, 2.45) is 0 Å². The van der Waals surface area contributed by atoms with Gasteiger partial charge in [-0.05, 0) is 0 Å². The van der Waals surface area contributed by atoms with Gasteiger partial charge in [0.05, 0.1) is 0 Å². The van der Waals surface area contributed by atoms with E-state index in [0.29, 0.717) is 0 Å². The van der Waals surface area contributed by atoms with E-state index in [2.05, 4.69) is 22.6 Å². The molecule has 0 fully saturated rings. The topological polar surface area (TPSA) is 128 Å². The fourth-order valence-corrected chi connectivity index (χ4v) is 0.711. The van der Waals surface area contributed by atoms with Gasteiger partial charge in [0.1, 0.15) is 13.2 Å². The van der Waals surface area contributed by atoms with Gasteiger partial charge in [-0.2, -0.15) is 0 Å². The molecular formula is C10H18KNO6. The number of aliphatic hydroxyl groups excluding tert-OH is 2. The van der Waals surface area contributed by atoms with Gasteiger partial charge in [0.25, 0.3) is 0 Å². The molecule has 0 saturated carbocycles. The van der Waals surface area contributed by atoms with Crippen LogP contribution < -0.4 is 6.15 Å². The normalized spacial score (nSPS) is 11.9. The van der Waals surface area contributed by atoms with Gasteiger partial charge in [0, 0.05) is 0 Å². The van der Waals surface area contributed by atoms with Crippen LogP contribution >= 0.6 is 0 Å². The van der Waals surface area contributed by atoms with Gasteiger partial charge in [0.15, 0.2) is 12.2 Å². The fraction of sp³-hybridized carbons (Fsp3) is 0.400. The van der Waals surface area contributed by atoms with E-state index in [9.17, 15) is 19.8 Å². The second-order valence-electron chi connectivity index (χ2n) is 2.73. The Balaban J connectivity index is -0.00000112. The summed E-state index contributed by atoms with van der Waals surface area (Å²) in [6, 6.07) is 0. The Kier molecular flexibility index (Phi) is 17.1. The molecule has 0 aromatic carbocycles. The number of hydrogen-bond donors (Lipinski definition) is 3. The number of rotatable bonds is 7. The summed E-state index contributed by atoms with van der Waals surface area (Å²) in [5.74, 6) is -2.24. The number of esters is 2. The molecular weight excluding hydrogens is 269 g/mol. The first-order valence-corrected chi connectivity index (χ1v) is 4.45. The minimum atomic E-state index is -1.97. The van der Waals surface area contributed by atoms with E-state index in [4.69, 9.17) is 0 Å². The summed E-state index contributed by atoms with van der Waals surface area (Å²) in [4.78, 5) is 22.0. The van der Waals surface area contributed by atoms with Gasteiger partial charge >= 0.3 is 63.3 Å². The van der Waals surface area contributed by atoms with Gasteiger partial charge in [-0.1, -0.05) is 25.3 Å². The van der Waals surface area contributed by atoms with Crippen LogP contribution in [0.1, 0.15) is 0 Å². The molecule has 0 aromatic rings. The Morgan fingerprint density at radius 1 is 1.00 bits per heavy atom. The van der Waals surface area contributed by atoms with E-state index >= 15 is 0 Å². The molecule has 0 saturated heterocycles. The summed E-state index contributed by atoms with van der Waals surface area (Å²) in [6.45, 7) is 6.34. The maximum atomic E-state index is 11.0. The van der Waals surface area contributed by atoms with Crippen LogP contribution in [0.4, 0.5) is 0 Å². The number of ether oxygens (including phenoxy) is 2. The summed E-state index contributed by atoms with van der Waals surface area (Å²) in [5.41, 5.74) is 0. The van der Waals surface area contributed by atoms with Gasteiger partial charge in [-0.3, -0.25) is 0 Å². The standard InChI is InChI=1S/C10H14O6.K.H3N.H/c1-3-5-15-9(13)7(11)8(12)10(14)16-6-4-2;;;/h3-4,7-8,11-12H,1-2,5-6H2;;1H3;. The summed E-state index contributed by atoms with van der Waals surface area (Å²) >= 11 is 0. The van der Waals surface area contributed by atoms with E-state index in [1.165, 1.54) is 12.2 Å². The molecule has 18 heavy (non-hydrogen) atoms. The van der Waals surface area contributed by atoms with E-state index in [-0.39, 0.29) is 70.7 Å². The average Bonchev–Trinajstić information content (AvgIpc) is 2.30. The molecule has 2 unspecified atom stereocenters. The number of hydrogen-bond acceptors (Lipinski definition) is 7. The predicted molar refractivity (Wildman–Crippen MR) is 66.5 cm³/mol. The molecule has 0 bridgehead atoms. The van der Waals surface area contributed by atoms with Crippen molar-refractivity contribution in [2.75, 3.05) is 13.2 Å². The third-order valence-electron chi connectivity index (χ3n) is 1.47. The van der Waals surface area contributed by atoms with Crippen molar-refractivity contribution < 1.29 is 29.3 Å². The SMILES string of the molecule is C=CCOC(=O)C(O)C(O)C(=O)OCC=C.N.[KH]. The minimum absolute atomic E-state index is 0. The van der Waals surface area contributed by atoms with Crippen molar-refractivity contribution in [1.82, 2.24) is 6.15 Å². The van der Waals surface area contributed by atoms with Crippen LogP contribution in [-0.2, 0) is 19.1 Å². The third kappa shape index (κ3) is 8.95. The van der Waals surface area contributed by atoms with Crippen LogP contribution in [0, 0.1) is 0 Å². The van der Waals surface area contributed by atoms with E-state index in [1.807, 2.05) is 0 Å². The molecule has 0 rings (SSSR count). The van der Waals surface area contributed by atoms with Crippen LogP contribution in [0.25, 0.3) is 0 Å². The number of aliphatic hydroxyl groups is 2. The van der Waals surface area contributed by atoms with Gasteiger partial charge in [-0.25, -0.2) is 9.59 Å². The van der Waals surface area contributed by atoms with E-state index in [1.54, 1.807) is 0 Å². The first-order chi connectivity index (χ1) is 7.54. The molecule has 0 spiro atoms. The number of carbonyl (C=O) groups is 2. The quantitative estimate of drug-likeness (QED) is 0.301. The van der Waals surface area contributed by atoms with E-state index < -0.39 is 24.1 Å². The summed E-state index contributed by atoms with van der Waals surface area (Å²) in [7, 11) is 0. The van der Waals surface area contributed by atoms with Gasteiger partial charge in [0.2, 0.25) is 0 Å². The van der Waals surface area contributed by atoms with Crippen LogP contribution in [0.15, 0.2) is 25.3 Å². The zero-order valence-electron chi connectivity index (χ0n) is 9.37. The zero-order chi connectivity index (χ0) is 12.6.